The van der Waals surface area contributed by atoms with Gasteiger partial charge in [0.15, 0.2) is 0 Å². The smallest absolute Gasteiger partial charge is 0.304 e. The van der Waals surface area contributed by atoms with Gasteiger partial charge in [-0.05, 0) is 24.1 Å². The zero-order valence-electron chi connectivity index (χ0n) is 10.1. The van der Waals surface area contributed by atoms with Crippen molar-refractivity contribution in [3.05, 3.63) is 50.6 Å². The SMILES string of the molecule is CCC(NCc1csc(=O)[nH]1)c1ccc(O)cc1. The summed E-state index contributed by atoms with van der Waals surface area (Å²) in [7, 11) is 0. The lowest BCUT2D eigenvalue weighted by atomic mass is 10.0. The van der Waals surface area contributed by atoms with Gasteiger partial charge in [-0.3, -0.25) is 4.79 Å². The van der Waals surface area contributed by atoms with Crippen LogP contribution in [0.15, 0.2) is 34.4 Å². The average molecular weight is 264 g/mol. The van der Waals surface area contributed by atoms with Crippen LogP contribution in [-0.2, 0) is 6.54 Å². The first-order valence-corrected chi connectivity index (χ1v) is 6.76. The first-order valence-electron chi connectivity index (χ1n) is 5.88. The van der Waals surface area contributed by atoms with E-state index in [9.17, 15) is 9.90 Å². The Kier molecular flexibility index (Phi) is 4.17. The molecule has 3 N–H and O–H groups in total. The van der Waals surface area contributed by atoms with E-state index in [4.69, 9.17) is 0 Å². The molecule has 0 spiro atoms. The van der Waals surface area contributed by atoms with Crippen LogP contribution < -0.4 is 10.2 Å². The van der Waals surface area contributed by atoms with Crippen molar-refractivity contribution in [2.24, 2.45) is 0 Å². The minimum Gasteiger partial charge on any atom is -0.508 e. The monoisotopic (exact) mass is 264 g/mol. The molecule has 5 heteroatoms. The van der Waals surface area contributed by atoms with E-state index in [1.54, 1.807) is 12.1 Å². The van der Waals surface area contributed by atoms with Crippen LogP contribution in [0, 0.1) is 0 Å². The van der Waals surface area contributed by atoms with Gasteiger partial charge in [-0.25, -0.2) is 0 Å². The number of aromatic nitrogens is 1. The minimum atomic E-state index is -0.0236. The number of aromatic hydroxyl groups is 1. The molecule has 1 atom stereocenters. The molecule has 0 aliphatic heterocycles. The molecule has 0 fully saturated rings. The van der Waals surface area contributed by atoms with Gasteiger partial charge in [-0.1, -0.05) is 30.4 Å². The van der Waals surface area contributed by atoms with Crippen molar-refractivity contribution in [1.82, 2.24) is 10.3 Å². The lowest BCUT2D eigenvalue weighted by Gasteiger charge is -2.16. The largest absolute Gasteiger partial charge is 0.508 e. The third kappa shape index (κ3) is 3.21. The van der Waals surface area contributed by atoms with Crippen LogP contribution >= 0.6 is 11.3 Å². The highest BCUT2D eigenvalue weighted by atomic mass is 32.1. The fourth-order valence-electron chi connectivity index (χ4n) is 1.84. The van der Waals surface area contributed by atoms with E-state index in [1.165, 1.54) is 11.3 Å². The highest BCUT2D eigenvalue weighted by Crippen LogP contribution is 2.19. The minimum absolute atomic E-state index is 0.0236. The fraction of sp³-hybridized carbons (Fsp3) is 0.308. The zero-order valence-corrected chi connectivity index (χ0v) is 11.0. The van der Waals surface area contributed by atoms with Gasteiger partial charge in [-0.2, -0.15) is 0 Å². The van der Waals surface area contributed by atoms with E-state index in [2.05, 4.69) is 17.2 Å². The third-order valence-electron chi connectivity index (χ3n) is 2.81. The second kappa shape index (κ2) is 5.84. The highest BCUT2D eigenvalue weighted by Gasteiger charge is 2.09. The Morgan fingerprint density at radius 1 is 1.39 bits per heavy atom. The maximum Gasteiger partial charge on any atom is 0.304 e. The molecule has 96 valence electrons. The maximum atomic E-state index is 11.0. The number of nitrogens with one attached hydrogen (secondary N) is 2. The lowest BCUT2D eigenvalue weighted by Crippen LogP contribution is -2.20. The molecular weight excluding hydrogens is 248 g/mol. The Labute approximate surface area is 109 Å². The Bertz CT molecular complexity index is 545. The molecule has 4 nitrogen and oxygen atoms in total. The number of H-pyrrole nitrogens is 1. The van der Waals surface area contributed by atoms with Crippen molar-refractivity contribution < 1.29 is 5.11 Å². The zero-order chi connectivity index (χ0) is 13.0. The number of benzene rings is 1. The summed E-state index contributed by atoms with van der Waals surface area (Å²) in [5, 5.41) is 14.5. The van der Waals surface area contributed by atoms with Gasteiger partial charge in [-0.15, -0.1) is 0 Å². The molecule has 1 aromatic heterocycles. The van der Waals surface area contributed by atoms with Gasteiger partial charge in [0.05, 0.1) is 0 Å². The topological polar surface area (TPSA) is 65.1 Å². The first-order chi connectivity index (χ1) is 8.69. The molecule has 0 radical (unpaired) electrons. The summed E-state index contributed by atoms with van der Waals surface area (Å²) in [5.74, 6) is 0.274. The van der Waals surface area contributed by atoms with Crippen molar-refractivity contribution in [2.45, 2.75) is 25.9 Å². The van der Waals surface area contributed by atoms with Crippen LogP contribution in [-0.4, -0.2) is 10.1 Å². The molecule has 0 aliphatic carbocycles. The van der Waals surface area contributed by atoms with Gasteiger partial charge >= 0.3 is 4.87 Å². The standard InChI is InChI=1S/C13H16N2O2S/c1-2-12(9-3-5-11(16)6-4-9)14-7-10-8-18-13(17)15-10/h3-6,8,12,14,16H,2,7H2,1H3,(H,15,17). The summed E-state index contributed by atoms with van der Waals surface area (Å²) in [4.78, 5) is 13.8. The molecule has 0 bridgehead atoms. The summed E-state index contributed by atoms with van der Waals surface area (Å²) in [6.45, 7) is 2.74. The molecule has 0 aliphatic rings. The van der Waals surface area contributed by atoms with Crippen molar-refractivity contribution in [1.29, 1.82) is 0 Å². The van der Waals surface area contributed by atoms with Gasteiger partial charge < -0.3 is 15.4 Å². The predicted octanol–water partition coefficient (Wildman–Crippen LogP) is 2.38. The van der Waals surface area contributed by atoms with E-state index in [1.807, 2.05) is 17.5 Å². The number of hydrogen-bond donors (Lipinski definition) is 3. The third-order valence-corrected chi connectivity index (χ3v) is 3.53. The van der Waals surface area contributed by atoms with Crippen LogP contribution in [0.2, 0.25) is 0 Å². The number of thiazole rings is 1. The van der Waals surface area contributed by atoms with Crippen molar-refractivity contribution in [3.8, 4) is 5.75 Å². The number of phenolic OH excluding ortho intramolecular Hbond substituents is 1. The number of rotatable bonds is 5. The normalized spacial score (nSPS) is 12.5. The van der Waals surface area contributed by atoms with Crippen molar-refractivity contribution >= 4 is 11.3 Å². The lowest BCUT2D eigenvalue weighted by molar-refractivity contribution is 0.473. The summed E-state index contributed by atoms with van der Waals surface area (Å²) in [6, 6.07) is 7.41. The van der Waals surface area contributed by atoms with Gasteiger partial charge in [0.1, 0.15) is 5.75 Å². The van der Waals surface area contributed by atoms with E-state index in [-0.39, 0.29) is 16.7 Å². The van der Waals surface area contributed by atoms with E-state index >= 15 is 0 Å². The van der Waals surface area contributed by atoms with Crippen molar-refractivity contribution in [2.75, 3.05) is 0 Å². The van der Waals surface area contributed by atoms with Crippen LogP contribution in [0.4, 0.5) is 0 Å². The predicted molar refractivity (Wildman–Crippen MR) is 72.9 cm³/mol. The van der Waals surface area contributed by atoms with Crippen LogP contribution in [0.1, 0.15) is 30.6 Å². The summed E-state index contributed by atoms with van der Waals surface area (Å²) >= 11 is 1.18. The average Bonchev–Trinajstić information content (AvgIpc) is 2.78. The Morgan fingerprint density at radius 2 is 2.11 bits per heavy atom. The number of aromatic amines is 1. The van der Waals surface area contributed by atoms with Gasteiger partial charge in [0, 0.05) is 23.7 Å². The van der Waals surface area contributed by atoms with Crippen LogP contribution in [0.5, 0.6) is 5.75 Å². The number of phenols is 1. The second-order valence-electron chi connectivity index (χ2n) is 4.11. The molecule has 0 amide bonds. The van der Waals surface area contributed by atoms with Crippen molar-refractivity contribution in [3.63, 3.8) is 0 Å². The van der Waals surface area contributed by atoms with Gasteiger partial charge in [0.25, 0.3) is 0 Å². The molecule has 1 heterocycles. The maximum absolute atomic E-state index is 11.0. The van der Waals surface area contributed by atoms with Gasteiger partial charge in [0.2, 0.25) is 0 Å². The number of hydrogen-bond acceptors (Lipinski definition) is 4. The van der Waals surface area contributed by atoms with Crippen LogP contribution in [0.3, 0.4) is 0 Å². The Morgan fingerprint density at radius 3 is 2.67 bits per heavy atom. The molecule has 1 unspecified atom stereocenters. The molecule has 0 saturated heterocycles. The van der Waals surface area contributed by atoms with Crippen LogP contribution in [0.25, 0.3) is 0 Å². The first kappa shape index (κ1) is 12.9. The highest BCUT2D eigenvalue weighted by molar-refractivity contribution is 7.07. The molecule has 0 saturated carbocycles. The van der Waals surface area contributed by atoms with E-state index < -0.39 is 0 Å². The Hall–Kier alpha value is -1.59. The molecule has 2 aromatic rings. The summed E-state index contributed by atoms with van der Waals surface area (Å²) in [6.07, 6.45) is 0.944. The summed E-state index contributed by atoms with van der Waals surface area (Å²) < 4.78 is 0. The second-order valence-corrected chi connectivity index (χ2v) is 4.95. The summed E-state index contributed by atoms with van der Waals surface area (Å²) in [5.41, 5.74) is 2.04. The van der Waals surface area contributed by atoms with E-state index in [0.717, 1.165) is 17.7 Å². The fourth-order valence-corrected chi connectivity index (χ4v) is 2.42. The quantitative estimate of drug-likeness (QED) is 0.777. The molecule has 1 aromatic carbocycles. The molecule has 18 heavy (non-hydrogen) atoms. The molecular formula is C13H16N2O2S. The van der Waals surface area contributed by atoms with E-state index in [0.29, 0.717) is 6.54 Å². The molecule has 2 rings (SSSR count). The Balaban J connectivity index is 2.01.